The van der Waals surface area contributed by atoms with Crippen molar-refractivity contribution in [3.05, 3.63) is 46.7 Å². The molecule has 0 aliphatic carbocycles. The molecule has 6 nitrogen and oxygen atoms in total. The topological polar surface area (TPSA) is 70.7 Å². The van der Waals surface area contributed by atoms with Crippen LogP contribution in [0.15, 0.2) is 35.5 Å². The smallest absolute Gasteiger partial charge is 0.319 e. The van der Waals surface area contributed by atoms with E-state index < -0.39 is 6.04 Å². The third-order valence-corrected chi connectivity index (χ3v) is 4.88. The molecule has 3 aliphatic rings. The number of ether oxygens (including phenoxy) is 1. The Morgan fingerprint density at radius 1 is 1.25 bits per heavy atom. The maximum Gasteiger partial charge on any atom is 0.319 e. The fraction of sp³-hybridized carbons (Fsp3) is 0.444. The molecule has 0 aromatic heterocycles. The van der Waals surface area contributed by atoms with E-state index in [0.29, 0.717) is 24.4 Å². The van der Waals surface area contributed by atoms with E-state index in [9.17, 15) is 9.59 Å². The molecule has 6 heteroatoms. The first-order valence-corrected chi connectivity index (χ1v) is 8.40. The van der Waals surface area contributed by atoms with Gasteiger partial charge in [-0.15, -0.1) is 0 Å². The first kappa shape index (κ1) is 15.2. The van der Waals surface area contributed by atoms with Crippen LogP contribution in [0, 0.1) is 6.92 Å². The van der Waals surface area contributed by atoms with Crippen molar-refractivity contribution in [3.8, 4) is 0 Å². The van der Waals surface area contributed by atoms with Crippen molar-refractivity contribution in [1.82, 2.24) is 15.5 Å². The van der Waals surface area contributed by atoms with E-state index in [1.165, 1.54) is 0 Å². The molecular weight excluding hydrogens is 306 g/mol. The first-order valence-electron chi connectivity index (χ1n) is 8.40. The Kier molecular flexibility index (Phi) is 3.76. The van der Waals surface area contributed by atoms with Crippen LogP contribution in [0.2, 0.25) is 0 Å². The zero-order valence-electron chi connectivity index (χ0n) is 13.7. The molecule has 4 rings (SSSR count). The predicted molar refractivity (Wildman–Crippen MR) is 88.2 cm³/mol. The van der Waals surface area contributed by atoms with Gasteiger partial charge in [0.2, 0.25) is 0 Å². The van der Waals surface area contributed by atoms with Gasteiger partial charge in [-0.2, -0.15) is 0 Å². The normalized spacial score (nSPS) is 26.5. The lowest BCUT2D eigenvalue weighted by atomic mass is 9.95. The van der Waals surface area contributed by atoms with E-state index in [2.05, 4.69) is 10.6 Å². The number of aryl methyl sites for hydroxylation is 1. The minimum Gasteiger partial charge on any atom is -0.376 e. The van der Waals surface area contributed by atoms with Crippen LogP contribution in [0.1, 0.15) is 30.0 Å². The van der Waals surface area contributed by atoms with Crippen molar-refractivity contribution < 1.29 is 14.3 Å². The number of hydrogen-bond acceptors (Lipinski definition) is 3. The van der Waals surface area contributed by atoms with Crippen molar-refractivity contribution >= 4 is 11.9 Å². The summed E-state index contributed by atoms with van der Waals surface area (Å²) in [5.74, 6) is -0.0152. The Morgan fingerprint density at radius 2 is 2.04 bits per heavy atom. The average molecular weight is 327 g/mol. The summed E-state index contributed by atoms with van der Waals surface area (Å²) in [6.45, 7) is 3.82. The highest BCUT2D eigenvalue weighted by Crippen LogP contribution is 2.33. The van der Waals surface area contributed by atoms with Crippen molar-refractivity contribution in [1.29, 1.82) is 0 Å². The van der Waals surface area contributed by atoms with E-state index in [-0.39, 0.29) is 18.0 Å². The third-order valence-electron chi connectivity index (χ3n) is 4.88. The van der Waals surface area contributed by atoms with Crippen LogP contribution < -0.4 is 10.6 Å². The van der Waals surface area contributed by atoms with Gasteiger partial charge >= 0.3 is 6.03 Å². The summed E-state index contributed by atoms with van der Waals surface area (Å²) in [4.78, 5) is 26.7. The number of carbonyl (C=O) groups excluding carboxylic acids is 2. The molecule has 1 fully saturated rings. The van der Waals surface area contributed by atoms with Crippen LogP contribution in [0.3, 0.4) is 0 Å². The largest absolute Gasteiger partial charge is 0.376 e. The van der Waals surface area contributed by atoms with Gasteiger partial charge in [0.15, 0.2) is 0 Å². The van der Waals surface area contributed by atoms with Gasteiger partial charge in [0.1, 0.15) is 0 Å². The Balaban J connectivity index is 1.60. The van der Waals surface area contributed by atoms with Crippen molar-refractivity contribution in [2.75, 3.05) is 19.7 Å². The summed E-state index contributed by atoms with van der Waals surface area (Å²) in [6, 6.07) is 7.27. The number of urea groups is 1. The van der Waals surface area contributed by atoms with E-state index in [4.69, 9.17) is 4.74 Å². The number of amides is 3. The van der Waals surface area contributed by atoms with Gasteiger partial charge in [-0.25, -0.2) is 4.79 Å². The number of benzene rings is 1. The number of nitrogens with one attached hydrogen (secondary N) is 2. The molecule has 1 saturated heterocycles. The Morgan fingerprint density at radius 3 is 2.75 bits per heavy atom. The average Bonchev–Trinajstić information content (AvgIpc) is 3.17. The van der Waals surface area contributed by atoms with Gasteiger partial charge < -0.3 is 20.3 Å². The van der Waals surface area contributed by atoms with Crippen LogP contribution in [-0.2, 0) is 9.53 Å². The first-order chi connectivity index (χ1) is 11.6. The summed E-state index contributed by atoms with van der Waals surface area (Å²) < 4.78 is 5.65. The van der Waals surface area contributed by atoms with E-state index in [0.717, 1.165) is 30.6 Å². The maximum absolute atomic E-state index is 12.9. The molecule has 0 unspecified atom stereocenters. The van der Waals surface area contributed by atoms with Gasteiger partial charge in [0.05, 0.1) is 30.0 Å². The fourth-order valence-electron chi connectivity index (χ4n) is 3.62. The molecule has 1 aromatic carbocycles. The highest BCUT2D eigenvalue weighted by molar-refractivity contribution is 6.01. The highest BCUT2D eigenvalue weighted by Gasteiger charge is 2.41. The van der Waals surface area contributed by atoms with Crippen LogP contribution in [0.5, 0.6) is 0 Å². The molecule has 24 heavy (non-hydrogen) atoms. The second kappa shape index (κ2) is 5.94. The number of hydrogen-bond donors (Lipinski definition) is 2. The van der Waals surface area contributed by atoms with Gasteiger partial charge in [-0.05, 0) is 25.3 Å². The SMILES string of the molecule is Cc1ccc([C@@H]2NC(=O)NC3=C2C(=O)N(C[C@H]2CCCO2)C3)cc1. The second-order valence-electron chi connectivity index (χ2n) is 6.66. The van der Waals surface area contributed by atoms with Crippen LogP contribution in [0.4, 0.5) is 4.79 Å². The molecule has 3 heterocycles. The predicted octanol–water partition coefficient (Wildman–Crippen LogP) is 1.62. The quantitative estimate of drug-likeness (QED) is 0.886. The molecule has 126 valence electrons. The highest BCUT2D eigenvalue weighted by atomic mass is 16.5. The number of rotatable bonds is 3. The van der Waals surface area contributed by atoms with Gasteiger partial charge in [-0.1, -0.05) is 29.8 Å². The zero-order chi connectivity index (χ0) is 16.7. The van der Waals surface area contributed by atoms with E-state index in [1.54, 1.807) is 4.90 Å². The molecule has 2 atom stereocenters. The molecule has 0 bridgehead atoms. The summed E-state index contributed by atoms with van der Waals surface area (Å²) in [7, 11) is 0. The second-order valence-corrected chi connectivity index (χ2v) is 6.66. The fourth-order valence-corrected chi connectivity index (χ4v) is 3.62. The van der Waals surface area contributed by atoms with Crippen LogP contribution >= 0.6 is 0 Å². The van der Waals surface area contributed by atoms with E-state index in [1.807, 2.05) is 31.2 Å². The molecule has 0 spiro atoms. The van der Waals surface area contributed by atoms with Crippen LogP contribution in [-0.4, -0.2) is 42.6 Å². The minimum atomic E-state index is -0.392. The lowest BCUT2D eigenvalue weighted by Gasteiger charge is -2.25. The molecule has 0 saturated carbocycles. The summed E-state index contributed by atoms with van der Waals surface area (Å²) in [5, 5.41) is 5.68. The van der Waals surface area contributed by atoms with Crippen molar-refractivity contribution in [2.45, 2.75) is 31.9 Å². The Labute approximate surface area is 140 Å². The third kappa shape index (κ3) is 2.67. The van der Waals surface area contributed by atoms with Gasteiger partial charge in [-0.3, -0.25) is 4.79 Å². The summed E-state index contributed by atoms with van der Waals surface area (Å²) in [5.41, 5.74) is 3.44. The lowest BCUT2D eigenvalue weighted by molar-refractivity contribution is -0.127. The van der Waals surface area contributed by atoms with Crippen LogP contribution in [0.25, 0.3) is 0 Å². The zero-order valence-corrected chi connectivity index (χ0v) is 13.7. The standard InChI is InChI=1S/C18H21N3O3/c1-11-4-6-12(7-5-11)16-15-14(19-18(23)20-16)10-21(17(15)22)9-13-3-2-8-24-13/h4-7,13,16H,2-3,8-10H2,1H3,(H2,19,20,23)/t13-,16+/m1/s1. The van der Waals surface area contributed by atoms with E-state index >= 15 is 0 Å². The molecule has 3 amide bonds. The minimum absolute atomic E-state index is 0.0152. The summed E-state index contributed by atoms with van der Waals surface area (Å²) in [6.07, 6.45) is 2.14. The molecular formula is C18H21N3O3. The summed E-state index contributed by atoms with van der Waals surface area (Å²) >= 11 is 0. The van der Waals surface area contributed by atoms with Gasteiger partial charge in [0, 0.05) is 13.2 Å². The Hall–Kier alpha value is -2.34. The maximum atomic E-state index is 12.9. The van der Waals surface area contributed by atoms with Crippen molar-refractivity contribution in [2.24, 2.45) is 0 Å². The molecule has 2 N–H and O–H groups in total. The molecule has 3 aliphatic heterocycles. The number of carbonyl (C=O) groups is 2. The lowest BCUT2D eigenvalue weighted by Crippen LogP contribution is -2.44. The Bertz CT molecular complexity index is 705. The molecule has 1 aromatic rings. The van der Waals surface area contributed by atoms with Gasteiger partial charge in [0.25, 0.3) is 5.91 Å². The monoisotopic (exact) mass is 327 g/mol. The molecule has 0 radical (unpaired) electrons. The van der Waals surface area contributed by atoms with Crippen molar-refractivity contribution in [3.63, 3.8) is 0 Å². The number of nitrogens with zero attached hydrogens (tertiary/aromatic N) is 1.